The summed E-state index contributed by atoms with van der Waals surface area (Å²) < 4.78 is 32.2. The lowest BCUT2D eigenvalue weighted by molar-refractivity contribution is 0.156. The zero-order valence-corrected chi connectivity index (χ0v) is 16.7. The second kappa shape index (κ2) is 6.61. The highest BCUT2D eigenvalue weighted by Gasteiger charge is 2.34. The van der Waals surface area contributed by atoms with E-state index in [1.807, 2.05) is 31.0 Å². The van der Waals surface area contributed by atoms with Crippen LogP contribution in [0.25, 0.3) is 5.70 Å². The molecule has 1 aromatic rings. The number of amidine groups is 1. The summed E-state index contributed by atoms with van der Waals surface area (Å²) in [6.45, 7) is 4.56. The van der Waals surface area contributed by atoms with Gasteiger partial charge in [0, 0.05) is 32.0 Å². The molecule has 0 spiro atoms. The van der Waals surface area contributed by atoms with E-state index in [0.717, 1.165) is 11.4 Å². The molecule has 2 aliphatic heterocycles. The highest BCUT2D eigenvalue weighted by Crippen LogP contribution is 2.41. The van der Waals surface area contributed by atoms with Crippen LogP contribution in [0.15, 0.2) is 34.2 Å². The molecule has 0 bridgehead atoms. The summed E-state index contributed by atoms with van der Waals surface area (Å²) in [7, 11) is -0.566. The SMILES string of the molecule is CN(C)S(=O)(=O)c1ccc2c(c1)C(N1CCS/C1=N/C#N)=CC(C)(C)O2. The maximum atomic E-state index is 12.5. The van der Waals surface area contributed by atoms with Gasteiger partial charge in [-0.2, -0.15) is 5.26 Å². The van der Waals surface area contributed by atoms with Gasteiger partial charge < -0.3 is 9.64 Å². The van der Waals surface area contributed by atoms with Crippen molar-refractivity contribution in [2.24, 2.45) is 4.99 Å². The molecular weight excluding hydrogens is 372 g/mol. The number of fused-ring (bicyclic) bond motifs is 1. The van der Waals surface area contributed by atoms with E-state index < -0.39 is 15.6 Å². The average molecular weight is 393 g/mol. The van der Waals surface area contributed by atoms with E-state index in [1.54, 1.807) is 18.2 Å². The van der Waals surface area contributed by atoms with Crippen molar-refractivity contribution >= 4 is 32.6 Å². The topological polar surface area (TPSA) is 86.0 Å². The maximum Gasteiger partial charge on any atom is 0.242 e. The molecule has 0 atom stereocenters. The standard InChI is InChI=1S/C17H20N4O3S2/c1-17(2)10-14(21-7-8-25-16(21)19-11-18)13-9-12(5-6-15(13)24-17)26(22,23)20(3)4/h5-6,9-10H,7-8H2,1-4H3/b19-16+. The Bertz CT molecular complexity index is 943. The Labute approximate surface area is 158 Å². The number of sulfonamides is 1. The van der Waals surface area contributed by atoms with E-state index in [1.165, 1.54) is 30.2 Å². The minimum Gasteiger partial charge on any atom is -0.483 e. The van der Waals surface area contributed by atoms with Crippen LogP contribution >= 0.6 is 11.8 Å². The highest BCUT2D eigenvalue weighted by molar-refractivity contribution is 8.14. The molecule has 7 nitrogen and oxygen atoms in total. The van der Waals surface area contributed by atoms with E-state index in [-0.39, 0.29) is 4.90 Å². The number of ether oxygens (including phenoxy) is 1. The number of nitrogens with zero attached hydrogens (tertiary/aromatic N) is 4. The average Bonchev–Trinajstić information content (AvgIpc) is 3.01. The van der Waals surface area contributed by atoms with Crippen molar-refractivity contribution < 1.29 is 13.2 Å². The molecule has 1 saturated heterocycles. The number of benzene rings is 1. The fourth-order valence-corrected chi connectivity index (χ4v) is 4.71. The summed E-state index contributed by atoms with van der Waals surface area (Å²) in [5.41, 5.74) is 0.932. The molecule has 1 aromatic carbocycles. The Kier molecular flexibility index (Phi) is 4.77. The van der Waals surface area contributed by atoms with Crippen molar-refractivity contribution in [3.8, 4) is 11.9 Å². The normalized spacial score (nSPS) is 20.5. The molecule has 9 heteroatoms. The molecule has 2 heterocycles. The van der Waals surface area contributed by atoms with Crippen LogP contribution in [0.4, 0.5) is 0 Å². The summed E-state index contributed by atoms with van der Waals surface area (Å²) in [5, 5.41) is 9.56. The fourth-order valence-electron chi connectivity index (χ4n) is 2.87. The summed E-state index contributed by atoms with van der Waals surface area (Å²) in [6.07, 6.45) is 3.78. The van der Waals surface area contributed by atoms with Crippen LogP contribution in [0.3, 0.4) is 0 Å². The molecule has 1 fully saturated rings. The van der Waals surface area contributed by atoms with E-state index >= 15 is 0 Å². The zero-order valence-electron chi connectivity index (χ0n) is 15.1. The van der Waals surface area contributed by atoms with Gasteiger partial charge in [0.25, 0.3) is 0 Å². The van der Waals surface area contributed by atoms with Gasteiger partial charge in [-0.15, -0.1) is 4.99 Å². The molecule has 0 saturated carbocycles. The molecule has 0 radical (unpaired) electrons. The van der Waals surface area contributed by atoms with Gasteiger partial charge in [-0.3, -0.25) is 0 Å². The molecule has 0 aromatic heterocycles. The Balaban J connectivity index is 2.16. The molecule has 0 unspecified atom stereocenters. The summed E-state index contributed by atoms with van der Waals surface area (Å²) in [6, 6.07) is 4.86. The lowest BCUT2D eigenvalue weighted by Gasteiger charge is -2.34. The second-order valence-electron chi connectivity index (χ2n) is 6.67. The Morgan fingerprint density at radius 1 is 1.38 bits per heavy atom. The molecule has 0 amide bonds. The van der Waals surface area contributed by atoms with E-state index in [4.69, 9.17) is 10.00 Å². The van der Waals surface area contributed by atoms with Crippen molar-refractivity contribution in [1.82, 2.24) is 9.21 Å². The summed E-state index contributed by atoms with van der Waals surface area (Å²) >= 11 is 1.50. The van der Waals surface area contributed by atoms with Crippen LogP contribution < -0.4 is 4.74 Å². The molecule has 2 aliphatic rings. The fraction of sp³-hybridized carbons (Fsp3) is 0.412. The van der Waals surface area contributed by atoms with Crippen LogP contribution in [-0.2, 0) is 10.0 Å². The van der Waals surface area contributed by atoms with E-state index in [2.05, 4.69) is 4.99 Å². The van der Waals surface area contributed by atoms with Crippen molar-refractivity contribution in [2.45, 2.75) is 24.3 Å². The van der Waals surface area contributed by atoms with Gasteiger partial charge in [0.1, 0.15) is 11.4 Å². The minimum absolute atomic E-state index is 0.195. The van der Waals surface area contributed by atoms with Crippen LogP contribution in [0.2, 0.25) is 0 Å². The molecule has 0 N–H and O–H groups in total. The molecule has 3 rings (SSSR count). The smallest absolute Gasteiger partial charge is 0.242 e. The second-order valence-corrected chi connectivity index (χ2v) is 9.89. The number of thioether (sulfide) groups is 1. The largest absolute Gasteiger partial charge is 0.483 e. The minimum atomic E-state index is -3.57. The molecule has 26 heavy (non-hydrogen) atoms. The van der Waals surface area contributed by atoms with Gasteiger partial charge >= 0.3 is 0 Å². The van der Waals surface area contributed by atoms with Gasteiger partial charge in [0.2, 0.25) is 16.2 Å². The highest BCUT2D eigenvalue weighted by atomic mass is 32.2. The maximum absolute atomic E-state index is 12.5. The molecule has 0 aliphatic carbocycles. The third-order valence-corrected chi connectivity index (χ3v) is 6.84. The van der Waals surface area contributed by atoms with Crippen LogP contribution in [0.5, 0.6) is 5.75 Å². The van der Waals surface area contributed by atoms with E-state index in [0.29, 0.717) is 23.0 Å². The van der Waals surface area contributed by atoms with Gasteiger partial charge in [-0.1, -0.05) is 11.8 Å². The number of aliphatic imine (C=N–C) groups is 1. The lowest BCUT2D eigenvalue weighted by Crippen LogP contribution is -2.34. The first-order chi connectivity index (χ1) is 12.2. The first-order valence-electron chi connectivity index (χ1n) is 8.02. The van der Waals surface area contributed by atoms with Gasteiger partial charge in [0.05, 0.1) is 10.6 Å². The Morgan fingerprint density at radius 3 is 2.77 bits per heavy atom. The summed E-state index contributed by atoms with van der Waals surface area (Å²) in [5.74, 6) is 1.42. The van der Waals surface area contributed by atoms with Gasteiger partial charge in [-0.05, 0) is 38.1 Å². The number of hydrogen-bond donors (Lipinski definition) is 0. The lowest BCUT2D eigenvalue weighted by atomic mass is 9.98. The van der Waals surface area contributed by atoms with Crippen molar-refractivity contribution in [3.63, 3.8) is 0 Å². The van der Waals surface area contributed by atoms with Gasteiger partial charge in [-0.25, -0.2) is 12.7 Å². The third-order valence-electron chi connectivity index (χ3n) is 4.08. The predicted octanol–water partition coefficient (Wildman–Crippen LogP) is 2.33. The first kappa shape index (κ1) is 18.8. The van der Waals surface area contributed by atoms with Crippen LogP contribution in [0, 0.1) is 11.5 Å². The number of hydrogen-bond acceptors (Lipinski definition) is 6. The third kappa shape index (κ3) is 3.32. The monoisotopic (exact) mass is 392 g/mol. The van der Waals surface area contributed by atoms with Crippen molar-refractivity contribution in [3.05, 3.63) is 29.8 Å². The summed E-state index contributed by atoms with van der Waals surface area (Å²) in [4.78, 5) is 6.05. The van der Waals surface area contributed by atoms with Gasteiger partial charge in [0.15, 0.2) is 5.17 Å². The van der Waals surface area contributed by atoms with Crippen LogP contribution in [-0.4, -0.2) is 54.8 Å². The molecule has 138 valence electrons. The molecular formula is C17H20N4O3S2. The quantitative estimate of drug-likeness (QED) is 0.734. The van der Waals surface area contributed by atoms with Crippen molar-refractivity contribution in [2.75, 3.05) is 26.4 Å². The zero-order chi connectivity index (χ0) is 19.1. The van der Waals surface area contributed by atoms with E-state index in [9.17, 15) is 8.42 Å². The number of rotatable bonds is 3. The first-order valence-corrected chi connectivity index (χ1v) is 10.4. The van der Waals surface area contributed by atoms with Crippen molar-refractivity contribution in [1.29, 1.82) is 5.26 Å². The Morgan fingerprint density at radius 2 is 2.12 bits per heavy atom. The van der Waals surface area contributed by atoms with Crippen LogP contribution in [0.1, 0.15) is 19.4 Å². The Hall–Kier alpha value is -2.02. The predicted molar refractivity (Wildman–Crippen MR) is 102 cm³/mol. The number of nitriles is 1.